The Labute approximate surface area is 198 Å². The Morgan fingerprint density at radius 2 is 1.79 bits per heavy atom. The molecule has 4 rings (SSSR count). The third-order valence-electron chi connectivity index (χ3n) is 8.34. The molecule has 1 unspecified atom stereocenters. The van der Waals surface area contributed by atoms with E-state index in [1.807, 2.05) is 13.8 Å². The maximum atomic E-state index is 13.2. The van der Waals surface area contributed by atoms with Crippen molar-refractivity contribution in [3.63, 3.8) is 0 Å². The molecule has 0 aromatic carbocycles. The van der Waals surface area contributed by atoms with Crippen LogP contribution < -0.4 is 0 Å². The molecule has 0 amide bonds. The first-order chi connectivity index (χ1) is 16.0. The van der Waals surface area contributed by atoms with Crippen LogP contribution in [0.25, 0.3) is 0 Å². The Hall–Kier alpha value is -2.84. The van der Waals surface area contributed by atoms with Crippen LogP contribution in [0.4, 0.5) is 0 Å². The van der Waals surface area contributed by atoms with Gasteiger partial charge in [-0.25, -0.2) is 0 Å². The molecule has 9 heteroatoms. The average Bonchev–Trinajstić information content (AvgIpc) is 3.28. The summed E-state index contributed by atoms with van der Waals surface area (Å²) in [4.78, 5) is 50.4. The van der Waals surface area contributed by atoms with Crippen LogP contribution in [0.2, 0.25) is 0 Å². The van der Waals surface area contributed by atoms with E-state index >= 15 is 0 Å². The van der Waals surface area contributed by atoms with Gasteiger partial charge in [0.05, 0.1) is 31.5 Å². The number of carbonyl (C=O) groups excluding carboxylic acids is 4. The minimum absolute atomic E-state index is 0.174. The number of esters is 4. The third kappa shape index (κ3) is 3.88. The Kier molecular flexibility index (Phi) is 6.25. The zero-order valence-electron chi connectivity index (χ0n) is 20.2. The van der Waals surface area contributed by atoms with E-state index in [9.17, 15) is 19.2 Å². The van der Waals surface area contributed by atoms with E-state index in [1.54, 1.807) is 12.3 Å². The fourth-order valence-electron chi connectivity index (χ4n) is 7.04. The van der Waals surface area contributed by atoms with Crippen molar-refractivity contribution in [2.24, 2.45) is 28.6 Å². The second-order valence-electron chi connectivity index (χ2n) is 10.3. The van der Waals surface area contributed by atoms with Gasteiger partial charge in [-0.15, -0.1) is 0 Å². The van der Waals surface area contributed by atoms with Gasteiger partial charge in [0.1, 0.15) is 18.3 Å². The Morgan fingerprint density at radius 3 is 2.38 bits per heavy atom. The van der Waals surface area contributed by atoms with Crippen LogP contribution in [0.15, 0.2) is 23.0 Å². The molecule has 1 saturated heterocycles. The molecule has 2 heterocycles. The van der Waals surface area contributed by atoms with Crippen LogP contribution in [-0.4, -0.2) is 43.2 Å². The monoisotopic (exact) mass is 476 g/mol. The van der Waals surface area contributed by atoms with Crippen LogP contribution >= 0.6 is 0 Å². The molecule has 0 bridgehead atoms. The summed E-state index contributed by atoms with van der Waals surface area (Å²) in [5, 5.41) is 0. The molecule has 0 N–H and O–H groups in total. The molecule has 2 saturated carbocycles. The van der Waals surface area contributed by atoms with Gasteiger partial charge in [-0.3, -0.25) is 19.2 Å². The van der Waals surface area contributed by atoms with Crippen molar-refractivity contribution in [2.75, 3.05) is 7.11 Å². The lowest BCUT2D eigenvalue weighted by Gasteiger charge is -2.63. The Morgan fingerprint density at radius 1 is 1.09 bits per heavy atom. The van der Waals surface area contributed by atoms with Crippen LogP contribution in [0.3, 0.4) is 0 Å². The van der Waals surface area contributed by atoms with Gasteiger partial charge < -0.3 is 23.4 Å². The van der Waals surface area contributed by atoms with Gasteiger partial charge >= 0.3 is 23.9 Å². The summed E-state index contributed by atoms with van der Waals surface area (Å²) in [6.07, 6.45) is 2.54. The van der Waals surface area contributed by atoms with Crippen molar-refractivity contribution in [3.8, 4) is 0 Å². The van der Waals surface area contributed by atoms with Crippen LogP contribution in [0.5, 0.6) is 0 Å². The van der Waals surface area contributed by atoms with Gasteiger partial charge in [0.2, 0.25) is 0 Å². The Bertz CT molecular complexity index is 969. The van der Waals surface area contributed by atoms with E-state index in [2.05, 4.69) is 0 Å². The van der Waals surface area contributed by atoms with Gasteiger partial charge in [-0.2, -0.15) is 0 Å². The maximum absolute atomic E-state index is 13.2. The molecular formula is C25H32O9. The summed E-state index contributed by atoms with van der Waals surface area (Å²) in [7, 11) is 1.33. The molecule has 3 fully saturated rings. The first kappa shape index (κ1) is 24.3. The predicted octanol–water partition coefficient (Wildman–Crippen LogP) is 3.36. The van der Waals surface area contributed by atoms with Crippen molar-refractivity contribution in [3.05, 3.63) is 24.2 Å². The molecule has 0 spiro atoms. The summed E-state index contributed by atoms with van der Waals surface area (Å²) in [6, 6.07) is 1.76. The number of rotatable bonds is 4. The molecular weight excluding hydrogens is 444 g/mol. The third-order valence-corrected chi connectivity index (χ3v) is 8.34. The van der Waals surface area contributed by atoms with Gasteiger partial charge in [0.15, 0.2) is 0 Å². The minimum atomic E-state index is -0.843. The summed E-state index contributed by atoms with van der Waals surface area (Å²) < 4.78 is 27.6. The van der Waals surface area contributed by atoms with Crippen molar-refractivity contribution < 1.29 is 42.5 Å². The topological polar surface area (TPSA) is 118 Å². The van der Waals surface area contributed by atoms with Crippen LogP contribution in [-0.2, 0) is 38.1 Å². The van der Waals surface area contributed by atoms with E-state index in [-0.39, 0.29) is 12.4 Å². The van der Waals surface area contributed by atoms with Gasteiger partial charge in [-0.05, 0) is 36.2 Å². The van der Waals surface area contributed by atoms with Crippen molar-refractivity contribution in [2.45, 2.75) is 71.7 Å². The number of methoxy groups -OCH3 is 1. The van der Waals surface area contributed by atoms with Crippen molar-refractivity contribution in [1.29, 1.82) is 0 Å². The number of fused-ring (bicyclic) bond motifs is 3. The van der Waals surface area contributed by atoms with E-state index in [4.69, 9.17) is 23.4 Å². The summed E-state index contributed by atoms with van der Waals surface area (Å²) in [5.41, 5.74) is -0.635. The highest BCUT2D eigenvalue weighted by molar-refractivity contribution is 5.77. The van der Waals surface area contributed by atoms with E-state index in [0.29, 0.717) is 19.3 Å². The molecule has 9 nitrogen and oxygen atoms in total. The Balaban J connectivity index is 1.85. The molecule has 1 aliphatic heterocycles. The number of hydrogen-bond donors (Lipinski definition) is 0. The standard InChI is InChI=1S/C25H32O9/c1-13(26)32-18-10-17(22(28)30-5)24(3)8-6-16-23(29)34-19(15-7-9-31-12-15)11-25(16,4)21(24)20(18)33-14(2)27/h7,9,12,16-21H,6,8,10-11H2,1-5H3/t16-,17-,18-,19-,20-,21?,24-,25-/m0/s1. The molecule has 2 aliphatic carbocycles. The van der Waals surface area contributed by atoms with Crippen LogP contribution in [0, 0.1) is 28.6 Å². The van der Waals surface area contributed by atoms with E-state index in [0.717, 1.165) is 5.56 Å². The molecule has 34 heavy (non-hydrogen) atoms. The number of carbonyl (C=O) groups is 4. The average molecular weight is 477 g/mol. The molecule has 0 radical (unpaired) electrons. The fraction of sp³-hybridized carbons (Fsp3) is 0.680. The van der Waals surface area contributed by atoms with Crippen LogP contribution in [0.1, 0.15) is 65.0 Å². The lowest BCUT2D eigenvalue weighted by molar-refractivity contribution is -0.245. The van der Waals surface area contributed by atoms with Crippen molar-refractivity contribution >= 4 is 23.9 Å². The smallest absolute Gasteiger partial charge is 0.310 e. The van der Waals surface area contributed by atoms with E-state index < -0.39 is 64.8 Å². The SMILES string of the molecule is COC(=O)[C@@H]1C[C@H](OC(C)=O)[C@H](OC(C)=O)C2[C@@]1(C)CC[C@H]1C(=O)O[C@H](c3ccoc3)C[C@]21C. The minimum Gasteiger partial charge on any atom is -0.472 e. The normalized spacial score (nSPS) is 39.1. The summed E-state index contributed by atoms with van der Waals surface area (Å²) >= 11 is 0. The fourth-order valence-corrected chi connectivity index (χ4v) is 7.04. The van der Waals surface area contributed by atoms with Gasteiger partial charge in [0.25, 0.3) is 0 Å². The zero-order chi connectivity index (χ0) is 24.8. The number of furan rings is 1. The number of hydrogen-bond acceptors (Lipinski definition) is 9. The first-order valence-electron chi connectivity index (χ1n) is 11.7. The van der Waals surface area contributed by atoms with Gasteiger partial charge in [-0.1, -0.05) is 13.8 Å². The lowest BCUT2D eigenvalue weighted by Crippen LogP contribution is -2.66. The molecule has 8 atom stereocenters. The maximum Gasteiger partial charge on any atom is 0.310 e. The molecule has 1 aromatic rings. The second-order valence-corrected chi connectivity index (χ2v) is 10.3. The largest absolute Gasteiger partial charge is 0.472 e. The predicted molar refractivity (Wildman–Crippen MR) is 116 cm³/mol. The lowest BCUT2D eigenvalue weighted by atomic mass is 9.42. The zero-order valence-corrected chi connectivity index (χ0v) is 20.2. The quantitative estimate of drug-likeness (QED) is 0.476. The van der Waals surface area contributed by atoms with Gasteiger partial charge in [0, 0.05) is 31.7 Å². The molecule has 3 aliphatic rings. The first-order valence-corrected chi connectivity index (χ1v) is 11.7. The number of cyclic esters (lactones) is 1. The number of ether oxygens (including phenoxy) is 4. The highest BCUT2D eigenvalue weighted by Crippen LogP contribution is 2.66. The second kappa shape index (κ2) is 8.74. The van der Waals surface area contributed by atoms with Crippen molar-refractivity contribution in [1.82, 2.24) is 0 Å². The highest BCUT2D eigenvalue weighted by Gasteiger charge is 2.68. The summed E-state index contributed by atoms with van der Waals surface area (Å²) in [5.74, 6) is -3.30. The molecule has 1 aromatic heterocycles. The summed E-state index contributed by atoms with van der Waals surface area (Å²) in [6.45, 7) is 6.58. The highest BCUT2D eigenvalue weighted by atomic mass is 16.6. The van der Waals surface area contributed by atoms with E-state index in [1.165, 1.54) is 27.2 Å². The molecule has 186 valence electrons.